The van der Waals surface area contributed by atoms with E-state index >= 15 is 0 Å². The van der Waals surface area contributed by atoms with Crippen LogP contribution in [0.25, 0.3) is 0 Å². The van der Waals surface area contributed by atoms with Crippen molar-refractivity contribution in [1.82, 2.24) is 10.2 Å². The van der Waals surface area contributed by atoms with Crippen LogP contribution in [-0.2, 0) is 0 Å². The predicted octanol–water partition coefficient (Wildman–Crippen LogP) is 4.09. The Morgan fingerprint density at radius 3 is 2.20 bits per heavy atom. The van der Waals surface area contributed by atoms with Gasteiger partial charge in [-0.15, -0.1) is 0 Å². The van der Waals surface area contributed by atoms with Crippen molar-refractivity contribution >= 4 is 0 Å². The summed E-state index contributed by atoms with van der Waals surface area (Å²) in [4.78, 5) is 2.30. The molecule has 1 N–H and O–H groups in total. The summed E-state index contributed by atoms with van der Waals surface area (Å²) in [6.07, 6.45) is 3.76. The molecule has 114 valence electrons. The highest BCUT2D eigenvalue weighted by Gasteiger charge is 2.16. The lowest BCUT2D eigenvalue weighted by Gasteiger charge is -2.28. The van der Waals surface area contributed by atoms with E-state index in [1.807, 2.05) is 0 Å². The van der Waals surface area contributed by atoms with Crippen LogP contribution in [0.1, 0.15) is 51.6 Å². The molecule has 1 aromatic rings. The Morgan fingerprint density at radius 1 is 1.05 bits per heavy atom. The Morgan fingerprint density at radius 2 is 1.70 bits per heavy atom. The van der Waals surface area contributed by atoms with Gasteiger partial charge < -0.3 is 10.2 Å². The lowest BCUT2D eigenvalue weighted by atomic mass is 9.97. The minimum atomic E-state index is 0.446. The fraction of sp³-hybridized carbons (Fsp3) is 0.667. The van der Waals surface area contributed by atoms with E-state index in [0.29, 0.717) is 12.1 Å². The first-order valence-corrected chi connectivity index (χ1v) is 8.03. The topological polar surface area (TPSA) is 15.3 Å². The van der Waals surface area contributed by atoms with Crippen molar-refractivity contribution in [2.75, 3.05) is 20.6 Å². The van der Waals surface area contributed by atoms with Crippen molar-refractivity contribution < 1.29 is 0 Å². The van der Waals surface area contributed by atoms with Crippen molar-refractivity contribution in [1.29, 1.82) is 0 Å². The van der Waals surface area contributed by atoms with Crippen LogP contribution < -0.4 is 5.32 Å². The molecular weight excluding hydrogens is 244 g/mol. The van der Waals surface area contributed by atoms with E-state index in [0.717, 1.165) is 12.5 Å². The van der Waals surface area contributed by atoms with Crippen LogP contribution in [0, 0.1) is 5.92 Å². The molecule has 0 aliphatic rings. The number of nitrogens with zero attached hydrogens (tertiary/aromatic N) is 1. The summed E-state index contributed by atoms with van der Waals surface area (Å²) in [5.74, 6) is 0.807. The molecule has 1 rings (SSSR count). The first kappa shape index (κ1) is 17.2. The van der Waals surface area contributed by atoms with Crippen LogP contribution in [0.5, 0.6) is 0 Å². The van der Waals surface area contributed by atoms with Gasteiger partial charge in [0.15, 0.2) is 0 Å². The molecule has 0 spiro atoms. The van der Waals surface area contributed by atoms with Gasteiger partial charge in [-0.3, -0.25) is 0 Å². The fourth-order valence-electron chi connectivity index (χ4n) is 2.60. The van der Waals surface area contributed by atoms with Gasteiger partial charge in [-0.2, -0.15) is 0 Å². The molecule has 2 nitrogen and oxygen atoms in total. The van der Waals surface area contributed by atoms with E-state index in [9.17, 15) is 0 Å². The third-order valence-corrected chi connectivity index (χ3v) is 4.28. The summed E-state index contributed by atoms with van der Waals surface area (Å²) in [6.45, 7) is 7.94. The molecule has 0 bridgehead atoms. The number of likely N-dealkylation sites (N-methyl/N-ethyl adjacent to an activating group) is 1. The predicted molar refractivity (Wildman–Crippen MR) is 89.0 cm³/mol. The first-order valence-electron chi connectivity index (χ1n) is 8.03. The Labute approximate surface area is 125 Å². The average molecular weight is 276 g/mol. The molecule has 0 heterocycles. The van der Waals surface area contributed by atoms with E-state index in [1.165, 1.54) is 24.8 Å². The Kier molecular flexibility index (Phi) is 7.86. The summed E-state index contributed by atoms with van der Waals surface area (Å²) in [7, 11) is 4.32. The second-order valence-corrected chi connectivity index (χ2v) is 6.15. The molecule has 0 radical (unpaired) electrons. The molecule has 0 aromatic heterocycles. The van der Waals surface area contributed by atoms with Crippen molar-refractivity contribution in [3.05, 3.63) is 35.9 Å². The quantitative estimate of drug-likeness (QED) is 0.730. The van der Waals surface area contributed by atoms with Gasteiger partial charge in [0.1, 0.15) is 0 Å². The lowest BCUT2D eigenvalue weighted by molar-refractivity contribution is 0.268. The zero-order valence-corrected chi connectivity index (χ0v) is 13.9. The van der Waals surface area contributed by atoms with Gasteiger partial charge in [0.25, 0.3) is 0 Å². The zero-order valence-electron chi connectivity index (χ0n) is 13.9. The van der Waals surface area contributed by atoms with E-state index in [1.54, 1.807) is 0 Å². The van der Waals surface area contributed by atoms with Crippen molar-refractivity contribution in [2.45, 2.75) is 52.1 Å². The molecule has 20 heavy (non-hydrogen) atoms. The molecule has 0 fully saturated rings. The van der Waals surface area contributed by atoms with E-state index in [2.05, 4.69) is 75.4 Å². The molecular formula is C18H32N2. The Hall–Kier alpha value is -0.860. The fourth-order valence-corrected chi connectivity index (χ4v) is 2.60. The van der Waals surface area contributed by atoms with Gasteiger partial charge in [0.2, 0.25) is 0 Å². The van der Waals surface area contributed by atoms with Gasteiger partial charge in [0, 0.05) is 18.6 Å². The highest BCUT2D eigenvalue weighted by Crippen LogP contribution is 2.18. The van der Waals surface area contributed by atoms with E-state index < -0.39 is 0 Å². The SMILES string of the molecule is CCC(C)CC(CC)NCC(c1ccccc1)N(C)C. The van der Waals surface area contributed by atoms with Crippen LogP contribution in [0.4, 0.5) is 0 Å². The normalized spacial score (nSPS) is 16.1. The molecule has 1 aromatic carbocycles. The van der Waals surface area contributed by atoms with Crippen molar-refractivity contribution in [3.8, 4) is 0 Å². The molecule has 2 heteroatoms. The number of hydrogen-bond acceptors (Lipinski definition) is 2. The van der Waals surface area contributed by atoms with Crippen LogP contribution in [-0.4, -0.2) is 31.6 Å². The summed E-state index contributed by atoms with van der Waals surface area (Å²) in [5, 5.41) is 3.77. The van der Waals surface area contributed by atoms with Crippen LogP contribution >= 0.6 is 0 Å². The summed E-state index contributed by atoms with van der Waals surface area (Å²) in [6, 6.07) is 11.9. The van der Waals surface area contributed by atoms with Crippen molar-refractivity contribution in [2.24, 2.45) is 5.92 Å². The number of nitrogens with one attached hydrogen (secondary N) is 1. The molecule has 0 saturated carbocycles. The third-order valence-electron chi connectivity index (χ3n) is 4.28. The summed E-state index contributed by atoms with van der Waals surface area (Å²) in [5.41, 5.74) is 1.39. The van der Waals surface area contributed by atoms with Gasteiger partial charge in [0.05, 0.1) is 0 Å². The molecule has 3 atom stereocenters. The minimum absolute atomic E-state index is 0.446. The van der Waals surface area contributed by atoms with E-state index in [4.69, 9.17) is 0 Å². The van der Waals surface area contributed by atoms with Crippen LogP contribution in [0.15, 0.2) is 30.3 Å². The first-order chi connectivity index (χ1) is 9.58. The molecule has 3 unspecified atom stereocenters. The Bertz CT molecular complexity index is 348. The minimum Gasteiger partial charge on any atom is -0.312 e. The highest BCUT2D eigenvalue weighted by atomic mass is 15.1. The second kappa shape index (κ2) is 9.15. The van der Waals surface area contributed by atoms with Crippen LogP contribution in [0.3, 0.4) is 0 Å². The van der Waals surface area contributed by atoms with Gasteiger partial charge in [-0.05, 0) is 38.4 Å². The summed E-state index contributed by atoms with van der Waals surface area (Å²) < 4.78 is 0. The number of hydrogen-bond donors (Lipinski definition) is 1. The zero-order chi connectivity index (χ0) is 15.0. The monoisotopic (exact) mass is 276 g/mol. The van der Waals surface area contributed by atoms with E-state index in [-0.39, 0.29) is 0 Å². The maximum Gasteiger partial charge on any atom is 0.0466 e. The average Bonchev–Trinajstić information content (AvgIpc) is 2.46. The molecule has 0 saturated heterocycles. The number of rotatable bonds is 9. The van der Waals surface area contributed by atoms with Gasteiger partial charge >= 0.3 is 0 Å². The number of benzene rings is 1. The molecule has 0 amide bonds. The summed E-state index contributed by atoms with van der Waals surface area (Å²) >= 11 is 0. The van der Waals surface area contributed by atoms with Crippen LogP contribution in [0.2, 0.25) is 0 Å². The highest BCUT2D eigenvalue weighted by molar-refractivity contribution is 5.19. The van der Waals surface area contributed by atoms with Gasteiger partial charge in [-0.1, -0.05) is 57.5 Å². The third kappa shape index (κ3) is 5.64. The standard InChI is InChI=1S/C18H32N2/c1-6-15(3)13-17(7-2)19-14-18(20(4)5)16-11-9-8-10-12-16/h8-12,15,17-19H,6-7,13-14H2,1-5H3. The maximum atomic E-state index is 3.77. The smallest absolute Gasteiger partial charge is 0.0466 e. The maximum absolute atomic E-state index is 3.77. The lowest BCUT2D eigenvalue weighted by Crippen LogP contribution is -2.37. The molecule has 0 aliphatic carbocycles. The van der Waals surface area contributed by atoms with Crippen molar-refractivity contribution in [3.63, 3.8) is 0 Å². The van der Waals surface area contributed by atoms with Gasteiger partial charge in [-0.25, -0.2) is 0 Å². The second-order valence-electron chi connectivity index (χ2n) is 6.15. The Balaban J connectivity index is 2.58. The molecule has 0 aliphatic heterocycles. The largest absolute Gasteiger partial charge is 0.312 e.